The summed E-state index contributed by atoms with van der Waals surface area (Å²) in [6.07, 6.45) is 4.52. The van der Waals surface area contributed by atoms with E-state index >= 15 is 0 Å². The highest BCUT2D eigenvalue weighted by atomic mass is 32.2. The van der Waals surface area contributed by atoms with E-state index in [1.807, 2.05) is 12.5 Å². The van der Waals surface area contributed by atoms with Crippen LogP contribution in [0.1, 0.15) is 32.1 Å². The third-order valence-corrected chi connectivity index (χ3v) is 4.43. The molecule has 0 aliphatic heterocycles. The van der Waals surface area contributed by atoms with E-state index in [-0.39, 0.29) is 12.0 Å². The van der Waals surface area contributed by atoms with Crippen LogP contribution in [0, 0.1) is 0 Å². The molecule has 12 heteroatoms. The van der Waals surface area contributed by atoms with Crippen molar-refractivity contribution in [2.75, 3.05) is 24.0 Å². The first-order chi connectivity index (χ1) is 13.4. The lowest BCUT2D eigenvalue weighted by atomic mass is 10.1. The third-order valence-electron chi connectivity index (χ3n) is 3.14. The summed E-state index contributed by atoms with van der Waals surface area (Å²) in [6, 6.07) is -1.37. The van der Waals surface area contributed by atoms with Gasteiger partial charge >= 0.3 is 17.9 Å². The van der Waals surface area contributed by atoms with Crippen molar-refractivity contribution in [2.24, 2.45) is 11.5 Å². The van der Waals surface area contributed by atoms with Gasteiger partial charge in [0.05, 0.1) is 0 Å². The molecule has 0 aromatic carbocycles. The summed E-state index contributed by atoms with van der Waals surface area (Å²) in [5.74, 6) is -1.23. The van der Waals surface area contributed by atoms with E-state index in [4.69, 9.17) is 37.0 Å². The van der Waals surface area contributed by atoms with Crippen molar-refractivity contribution in [3.63, 3.8) is 0 Å². The van der Waals surface area contributed by atoms with E-state index < -0.39 is 36.3 Å². The molecule has 2 atom stereocenters. The second-order valence-electron chi connectivity index (χ2n) is 5.73. The van der Waals surface area contributed by atoms with E-state index in [2.05, 4.69) is 6.58 Å². The number of aliphatic hydroxyl groups is 2. The second kappa shape index (κ2) is 21.4. The highest BCUT2D eigenvalue weighted by Crippen LogP contribution is 2.06. The molecule has 0 radical (unpaired) electrons. The third kappa shape index (κ3) is 26.7. The van der Waals surface area contributed by atoms with Crippen LogP contribution in [-0.4, -0.2) is 85.8 Å². The predicted molar refractivity (Wildman–Crippen MR) is 116 cm³/mol. The van der Waals surface area contributed by atoms with Crippen LogP contribution >= 0.6 is 23.5 Å². The standard InChI is InChI=1S/C7H12O4.2C5H11NO2S/c1-5(7(10)11)3-2-4-6(8)9;2*1-9-3-2-4(6)5(7)8/h6,8-9H,1-4H2,(H,10,11);2*4H,2-3,6H2,1H3,(H,7,8)/t;2*4-/m.00/s1. The van der Waals surface area contributed by atoms with Gasteiger partial charge in [-0.1, -0.05) is 6.58 Å². The van der Waals surface area contributed by atoms with Gasteiger partial charge in [-0.15, -0.1) is 0 Å². The van der Waals surface area contributed by atoms with Crippen LogP contribution in [-0.2, 0) is 14.4 Å². The van der Waals surface area contributed by atoms with Gasteiger partial charge in [0.25, 0.3) is 0 Å². The van der Waals surface area contributed by atoms with Crippen LogP contribution in [0.25, 0.3) is 0 Å². The molecule has 0 aromatic heterocycles. The molecule has 0 aromatic rings. The molecular weight excluding hydrogens is 424 g/mol. The van der Waals surface area contributed by atoms with E-state index in [0.717, 1.165) is 11.5 Å². The van der Waals surface area contributed by atoms with Crippen molar-refractivity contribution in [3.05, 3.63) is 12.2 Å². The minimum Gasteiger partial charge on any atom is -0.480 e. The number of hydrogen-bond acceptors (Lipinski definition) is 9. The summed E-state index contributed by atoms with van der Waals surface area (Å²) in [4.78, 5) is 30.3. The van der Waals surface area contributed by atoms with Gasteiger partial charge in [0.1, 0.15) is 12.1 Å². The van der Waals surface area contributed by atoms with Gasteiger partial charge in [-0.05, 0) is 56.1 Å². The number of thioether (sulfide) groups is 2. The summed E-state index contributed by atoms with van der Waals surface area (Å²) in [5, 5.41) is 41.6. The molecule has 172 valence electrons. The quantitative estimate of drug-likeness (QED) is 0.148. The van der Waals surface area contributed by atoms with Crippen molar-refractivity contribution in [1.82, 2.24) is 0 Å². The smallest absolute Gasteiger partial charge is 0.330 e. The molecular formula is C17H34N2O8S2. The lowest BCUT2D eigenvalue weighted by Gasteiger charge is -2.02. The highest BCUT2D eigenvalue weighted by Gasteiger charge is 2.09. The van der Waals surface area contributed by atoms with Gasteiger partial charge in [-0.25, -0.2) is 4.79 Å². The lowest BCUT2D eigenvalue weighted by molar-refractivity contribution is -0.139. The molecule has 9 N–H and O–H groups in total. The Labute approximate surface area is 179 Å². The first kappa shape index (κ1) is 32.4. The van der Waals surface area contributed by atoms with E-state index in [9.17, 15) is 14.4 Å². The second-order valence-corrected chi connectivity index (χ2v) is 7.71. The number of hydrogen-bond donors (Lipinski definition) is 7. The van der Waals surface area contributed by atoms with Gasteiger partial charge in [-0.3, -0.25) is 9.59 Å². The fourth-order valence-electron chi connectivity index (χ4n) is 1.34. The minimum atomic E-state index is -1.35. The van der Waals surface area contributed by atoms with Crippen molar-refractivity contribution < 1.29 is 39.9 Å². The number of nitrogens with two attached hydrogens (primary N) is 2. The SMILES string of the molecule is C=C(CCCC(O)O)C(=O)O.CSCC[C@H](N)C(=O)O.CSCC[C@H](N)C(=O)O. The summed E-state index contributed by atoms with van der Waals surface area (Å²) in [6.45, 7) is 3.29. The highest BCUT2D eigenvalue weighted by molar-refractivity contribution is 7.98. The van der Waals surface area contributed by atoms with Crippen LogP contribution < -0.4 is 11.5 Å². The molecule has 0 fully saturated rings. The van der Waals surface area contributed by atoms with Gasteiger partial charge < -0.3 is 37.0 Å². The van der Waals surface area contributed by atoms with E-state index in [0.29, 0.717) is 25.7 Å². The number of aliphatic hydroxyl groups excluding tert-OH is 1. The molecule has 0 bridgehead atoms. The van der Waals surface area contributed by atoms with Gasteiger partial charge in [-0.2, -0.15) is 23.5 Å². The largest absolute Gasteiger partial charge is 0.480 e. The number of carboxylic acid groups (broad SMARTS) is 3. The van der Waals surface area contributed by atoms with Gasteiger partial charge in [0, 0.05) is 5.57 Å². The van der Waals surface area contributed by atoms with Crippen molar-refractivity contribution in [1.29, 1.82) is 0 Å². The van der Waals surface area contributed by atoms with Gasteiger partial charge in [0.15, 0.2) is 6.29 Å². The van der Waals surface area contributed by atoms with Crippen LogP contribution in [0.4, 0.5) is 0 Å². The molecule has 29 heavy (non-hydrogen) atoms. The maximum Gasteiger partial charge on any atom is 0.330 e. The van der Waals surface area contributed by atoms with Crippen LogP contribution in [0.2, 0.25) is 0 Å². The fraction of sp³-hybridized carbons (Fsp3) is 0.706. The van der Waals surface area contributed by atoms with Crippen molar-refractivity contribution >= 4 is 41.4 Å². The Bertz CT molecular complexity index is 454. The maximum atomic E-state index is 10.2. The Morgan fingerprint density at radius 1 is 0.862 bits per heavy atom. The molecule has 0 unspecified atom stereocenters. The van der Waals surface area contributed by atoms with Crippen LogP contribution in [0.5, 0.6) is 0 Å². The topological polar surface area (TPSA) is 204 Å². The molecule has 0 spiro atoms. The minimum absolute atomic E-state index is 0.102. The molecule has 0 rings (SSSR count). The lowest BCUT2D eigenvalue weighted by Crippen LogP contribution is -2.30. The molecule has 0 heterocycles. The van der Waals surface area contributed by atoms with Crippen molar-refractivity contribution in [3.8, 4) is 0 Å². The molecule has 0 saturated heterocycles. The summed E-state index contributed by atoms with van der Waals surface area (Å²) < 4.78 is 0. The van der Waals surface area contributed by atoms with E-state index in [1.54, 1.807) is 23.5 Å². The first-order valence-electron chi connectivity index (χ1n) is 8.62. The number of carboxylic acids is 3. The molecule has 0 aliphatic rings. The Hall–Kier alpha value is -1.31. The zero-order valence-corrected chi connectivity index (χ0v) is 18.5. The summed E-state index contributed by atoms with van der Waals surface area (Å²) in [5.41, 5.74) is 10.5. The Morgan fingerprint density at radius 2 is 1.24 bits per heavy atom. The molecule has 0 saturated carbocycles. The van der Waals surface area contributed by atoms with Crippen LogP contribution in [0.3, 0.4) is 0 Å². The molecule has 0 aliphatic carbocycles. The number of carbonyl (C=O) groups is 3. The molecule has 0 amide bonds. The maximum absolute atomic E-state index is 10.2. The number of rotatable bonds is 13. The summed E-state index contributed by atoms with van der Waals surface area (Å²) in [7, 11) is 0. The van der Waals surface area contributed by atoms with Crippen molar-refractivity contribution in [2.45, 2.75) is 50.5 Å². The Morgan fingerprint density at radius 3 is 1.48 bits per heavy atom. The summed E-state index contributed by atoms with van der Waals surface area (Å²) >= 11 is 3.21. The monoisotopic (exact) mass is 458 g/mol. The first-order valence-corrected chi connectivity index (χ1v) is 11.4. The molecule has 10 nitrogen and oxygen atoms in total. The predicted octanol–water partition coefficient (Wildman–Crippen LogP) is 0.411. The Kier molecular flexibility index (Phi) is 23.9. The fourth-order valence-corrected chi connectivity index (χ4v) is 2.32. The van der Waals surface area contributed by atoms with Crippen LogP contribution in [0.15, 0.2) is 12.2 Å². The van der Waals surface area contributed by atoms with Gasteiger partial charge in [0.2, 0.25) is 0 Å². The zero-order chi connectivity index (χ0) is 23.4. The normalized spacial score (nSPS) is 12.0. The Balaban J connectivity index is -0.000000352. The number of aliphatic carboxylic acids is 3. The average molecular weight is 459 g/mol. The average Bonchev–Trinajstić information content (AvgIpc) is 2.64. The zero-order valence-electron chi connectivity index (χ0n) is 16.8. The van der Waals surface area contributed by atoms with E-state index in [1.165, 1.54) is 0 Å².